The van der Waals surface area contributed by atoms with Crippen molar-refractivity contribution in [3.8, 4) is 50.6 Å². The third kappa shape index (κ3) is 8.49. The lowest BCUT2D eigenvalue weighted by molar-refractivity contribution is 0.163. The van der Waals surface area contributed by atoms with Gasteiger partial charge in [0.2, 0.25) is 0 Å². The third-order valence-electron chi connectivity index (χ3n) is 24.1. The molecule has 101 heavy (non-hydrogen) atoms. The molecule has 486 valence electrons. The zero-order valence-electron chi connectivity index (χ0n) is 57.4. The average Bonchev–Trinajstić information content (AvgIpc) is 1.59. The summed E-state index contributed by atoms with van der Waals surface area (Å²) in [5, 5.41) is 7.02. The lowest BCUT2D eigenvalue weighted by Crippen LogP contribution is -2.36. The second-order valence-electron chi connectivity index (χ2n) is 29.6. The van der Waals surface area contributed by atoms with Crippen molar-refractivity contribution < 1.29 is 14.2 Å². The van der Waals surface area contributed by atoms with Gasteiger partial charge in [-0.3, -0.25) is 0 Å². The van der Waals surface area contributed by atoms with Crippen molar-refractivity contribution in [3.05, 3.63) is 381 Å². The summed E-state index contributed by atoms with van der Waals surface area (Å²) < 4.78 is 21.9. The van der Waals surface area contributed by atoms with Crippen LogP contribution >= 0.6 is 0 Å². The van der Waals surface area contributed by atoms with Crippen molar-refractivity contribution in [1.82, 2.24) is 0 Å². The minimum atomic E-state index is -1.05. The van der Waals surface area contributed by atoms with E-state index in [1.807, 2.05) is 0 Å². The van der Waals surface area contributed by atoms with Gasteiger partial charge in [0.05, 0.1) is 12.5 Å². The van der Waals surface area contributed by atoms with Crippen molar-refractivity contribution in [2.45, 2.75) is 73.9 Å². The van der Waals surface area contributed by atoms with Crippen LogP contribution in [0.2, 0.25) is 0 Å². The first-order chi connectivity index (χ1) is 49.6. The molecular formula is C97H75NO3. The van der Waals surface area contributed by atoms with E-state index in [9.17, 15) is 0 Å². The number of rotatable bonds is 10. The Labute approximate surface area is 591 Å². The zero-order valence-corrected chi connectivity index (χ0v) is 57.4. The number of anilines is 1. The highest BCUT2D eigenvalue weighted by molar-refractivity contribution is 6.10. The molecule has 1 fully saturated rings. The largest absolute Gasteiger partial charge is 0.497 e. The molecular weight excluding hydrogens is 1230 g/mol. The van der Waals surface area contributed by atoms with E-state index in [-0.39, 0.29) is 5.41 Å². The van der Waals surface area contributed by atoms with E-state index in [4.69, 9.17) is 14.2 Å². The molecule has 6 aliphatic rings. The number of ether oxygens (including phenoxy) is 3. The van der Waals surface area contributed by atoms with Gasteiger partial charge in [-0.15, -0.1) is 0 Å². The predicted octanol–water partition coefficient (Wildman–Crippen LogP) is 23.0. The van der Waals surface area contributed by atoms with E-state index >= 15 is 0 Å². The summed E-state index contributed by atoms with van der Waals surface area (Å²) in [6.07, 6.45) is 14.0. The molecule has 1 saturated heterocycles. The van der Waals surface area contributed by atoms with E-state index in [1.165, 1.54) is 130 Å². The van der Waals surface area contributed by atoms with Crippen LogP contribution in [-0.2, 0) is 33.9 Å². The second kappa shape index (κ2) is 22.3. The Hall–Kier alpha value is -11.5. The number of nitrogens with zero attached hydrogens (tertiary/aromatic N) is 1. The molecule has 0 bridgehead atoms. The van der Waals surface area contributed by atoms with E-state index in [1.54, 1.807) is 7.11 Å². The van der Waals surface area contributed by atoms with Crippen LogP contribution in [-0.4, -0.2) is 20.2 Å². The fraction of sp³-hybridized carbons (Fsp3) is 0.155. The van der Waals surface area contributed by atoms with E-state index in [0.717, 1.165) is 80.9 Å². The number of hydrogen-bond donors (Lipinski definition) is 0. The lowest BCUT2D eigenvalue weighted by Gasteiger charge is -2.40. The highest BCUT2D eigenvalue weighted by atomic mass is 16.5. The summed E-state index contributed by atoms with van der Waals surface area (Å²) in [5.74, 6) is 2.61. The van der Waals surface area contributed by atoms with Crippen molar-refractivity contribution in [2.75, 3.05) is 25.1 Å². The number of fused-ring (bicyclic) bond motifs is 20. The molecule has 3 aliphatic heterocycles. The molecule has 4 heteroatoms. The fourth-order valence-corrected chi connectivity index (χ4v) is 19.4. The number of piperidine rings is 1. The standard InChI is InChI=1S/C97H75NO3/c1-93(2)83-34-18-16-32-79(83)87-75-28-11-13-30-77(75)91-81(89(87)93)53-55-96(100-91,66-45-50-72(99-4)51-46-66)70-47-52-74-73-27-15-20-36-85(73)97(86(74)60-70,67-25-7-5-8-26-67)68-40-37-62(38-41-68)61-94(3)84-35-19-17-33-80(84)88-76-29-12-14-31-78(76)92-82(90(88)94)54-56-95(101-92,69-42-39-63-23-9-10-24-64(63)59-69)65-43-48-71(49-44-65)98-57-21-6-22-58-98/h5,7-20,23-56,59-60H,6,21-22,57-58,61H2,1-4H3. The molecule has 0 aromatic heterocycles. The van der Waals surface area contributed by atoms with Crippen LogP contribution in [0.25, 0.3) is 77.9 Å². The third-order valence-corrected chi connectivity index (χ3v) is 24.1. The van der Waals surface area contributed by atoms with Gasteiger partial charge in [-0.05, 0) is 179 Å². The molecule has 0 N–H and O–H groups in total. The Morgan fingerprint density at radius 1 is 0.376 bits per heavy atom. The van der Waals surface area contributed by atoms with Crippen molar-refractivity contribution in [1.29, 1.82) is 0 Å². The van der Waals surface area contributed by atoms with Gasteiger partial charge >= 0.3 is 0 Å². The first kappa shape index (κ1) is 59.6. The number of methoxy groups -OCH3 is 1. The maximum atomic E-state index is 8.06. The first-order valence-corrected chi connectivity index (χ1v) is 36.1. The van der Waals surface area contributed by atoms with Gasteiger partial charge in [0.25, 0.3) is 0 Å². The predicted molar refractivity (Wildman–Crippen MR) is 415 cm³/mol. The van der Waals surface area contributed by atoms with Crippen LogP contribution in [0.15, 0.2) is 297 Å². The lowest BCUT2D eigenvalue weighted by atomic mass is 9.66. The van der Waals surface area contributed by atoms with Crippen molar-refractivity contribution >= 4 is 50.2 Å². The van der Waals surface area contributed by atoms with Crippen molar-refractivity contribution in [2.24, 2.45) is 0 Å². The van der Waals surface area contributed by atoms with Gasteiger partial charge in [-0.25, -0.2) is 0 Å². The zero-order chi connectivity index (χ0) is 67.4. The van der Waals surface area contributed by atoms with Crippen LogP contribution in [0.5, 0.6) is 17.2 Å². The molecule has 0 radical (unpaired) electrons. The fourth-order valence-electron chi connectivity index (χ4n) is 19.4. The van der Waals surface area contributed by atoms with Gasteiger partial charge in [0.15, 0.2) is 11.2 Å². The smallest absolute Gasteiger partial charge is 0.178 e. The normalized spacial score (nSPS) is 20.6. The number of benzene rings is 14. The topological polar surface area (TPSA) is 30.9 Å². The molecule has 3 heterocycles. The van der Waals surface area contributed by atoms with Crippen LogP contribution in [0, 0.1) is 0 Å². The van der Waals surface area contributed by atoms with Crippen molar-refractivity contribution in [3.63, 3.8) is 0 Å². The number of hydrogen-bond acceptors (Lipinski definition) is 4. The highest BCUT2D eigenvalue weighted by Gasteiger charge is 2.51. The summed E-state index contributed by atoms with van der Waals surface area (Å²) in [6, 6.07) is 107. The Morgan fingerprint density at radius 3 is 1.52 bits per heavy atom. The molecule has 0 spiro atoms. The molecule has 4 atom stereocenters. The quantitative estimate of drug-likeness (QED) is 0.137. The minimum absolute atomic E-state index is 0.268. The molecule has 4 unspecified atom stereocenters. The molecule has 0 saturated carbocycles. The minimum Gasteiger partial charge on any atom is -0.497 e. The van der Waals surface area contributed by atoms with Gasteiger partial charge in [0, 0.05) is 73.8 Å². The van der Waals surface area contributed by atoms with Crippen LogP contribution in [0.4, 0.5) is 5.69 Å². The second-order valence-corrected chi connectivity index (χ2v) is 29.6. The summed E-state index contributed by atoms with van der Waals surface area (Å²) >= 11 is 0. The van der Waals surface area contributed by atoms with Gasteiger partial charge in [-0.1, -0.05) is 282 Å². The average molecular weight is 1300 g/mol. The molecule has 4 nitrogen and oxygen atoms in total. The molecule has 14 aromatic rings. The molecule has 20 rings (SSSR count). The van der Waals surface area contributed by atoms with Gasteiger partial charge in [0.1, 0.15) is 17.2 Å². The monoisotopic (exact) mass is 1300 g/mol. The first-order valence-electron chi connectivity index (χ1n) is 36.1. The Balaban J connectivity index is 0.738. The van der Waals surface area contributed by atoms with E-state index in [2.05, 4.69) is 335 Å². The Bertz CT molecular complexity index is 5820. The van der Waals surface area contributed by atoms with Crippen LogP contribution < -0.4 is 19.1 Å². The Kier molecular flexibility index (Phi) is 13.1. The van der Waals surface area contributed by atoms with Crippen LogP contribution in [0.1, 0.15) is 123 Å². The van der Waals surface area contributed by atoms with Gasteiger partial charge < -0.3 is 19.1 Å². The van der Waals surface area contributed by atoms with Gasteiger partial charge in [-0.2, -0.15) is 0 Å². The summed E-state index contributed by atoms with van der Waals surface area (Å²) in [5.41, 5.74) is 23.5. The molecule has 3 aliphatic carbocycles. The Morgan fingerprint density at radius 2 is 0.861 bits per heavy atom. The van der Waals surface area contributed by atoms with E-state index < -0.39 is 22.0 Å². The maximum Gasteiger partial charge on any atom is 0.178 e. The molecule has 0 amide bonds. The van der Waals surface area contributed by atoms with Crippen LogP contribution in [0.3, 0.4) is 0 Å². The summed E-state index contributed by atoms with van der Waals surface area (Å²) in [6.45, 7) is 9.42. The summed E-state index contributed by atoms with van der Waals surface area (Å²) in [7, 11) is 1.73. The molecule has 14 aromatic carbocycles. The summed E-state index contributed by atoms with van der Waals surface area (Å²) in [4.78, 5) is 2.55. The highest BCUT2D eigenvalue weighted by Crippen LogP contribution is 2.63. The maximum absolute atomic E-state index is 8.06. The SMILES string of the molecule is COc1ccc(C2(c3ccc4c(c3)C(c3ccccc3)(c3ccc(CC5(C)c6ccccc6-c6c5c5c(c7ccccc67)OC(c6ccc(N7CCCCC7)cc6)(c6ccc7ccccc7c6)C=C5)cc3)c3ccccc3-4)C=Cc3c4c(c5ccccc5c3O2)-c2ccccc2C4(C)C)cc1. The van der Waals surface area contributed by atoms with E-state index in [0.29, 0.717) is 0 Å².